The smallest absolute Gasteiger partial charge is 0.220 e. The van der Waals surface area contributed by atoms with Gasteiger partial charge in [-0.3, -0.25) is 4.79 Å². The SMILES string of the molecule is CCCCCCCCCCCCCCCCCCCC/C=C/CCCC(O)C(O)C(CO)NC(=O)CCCCCCCCCCCCCCCCCCCCCCCCCCCCCCCCCCCCCCC. The van der Waals surface area contributed by atoms with Gasteiger partial charge in [0.25, 0.3) is 0 Å². The number of amides is 1. The van der Waals surface area contributed by atoms with Crippen LogP contribution in [0, 0.1) is 0 Å². The number of carbonyl (C=O) groups is 1. The van der Waals surface area contributed by atoms with E-state index in [1.54, 1.807) is 0 Å². The van der Waals surface area contributed by atoms with Crippen LogP contribution < -0.4 is 5.32 Å². The molecule has 5 nitrogen and oxygen atoms in total. The lowest BCUT2D eigenvalue weighted by Crippen LogP contribution is -2.50. The molecule has 3 atom stereocenters. The zero-order valence-electron chi connectivity index (χ0n) is 50.8. The lowest BCUT2D eigenvalue weighted by atomic mass is 10.0. The molecule has 442 valence electrons. The van der Waals surface area contributed by atoms with Crippen LogP contribution in [0.15, 0.2) is 12.2 Å². The van der Waals surface area contributed by atoms with Gasteiger partial charge in [-0.1, -0.05) is 366 Å². The van der Waals surface area contributed by atoms with E-state index in [4.69, 9.17) is 0 Å². The summed E-state index contributed by atoms with van der Waals surface area (Å²) in [6, 6.07) is -0.824. The first-order chi connectivity index (χ1) is 36.6. The average molecular weight is 1040 g/mol. The highest BCUT2D eigenvalue weighted by Crippen LogP contribution is 2.20. The molecule has 0 heterocycles. The molecule has 0 rings (SSSR count). The standard InChI is InChI=1S/C69H137NO4/c1-3-5-7-9-11-13-15-17-19-21-23-25-27-28-29-30-31-32-33-34-35-36-37-38-39-40-42-44-46-48-50-52-54-56-58-60-62-64-68(73)70-66(65-71)69(74)67(72)63-61-59-57-55-53-51-49-47-45-43-41-26-24-22-20-18-16-14-12-10-8-6-4-2/h55,57,66-67,69,71-72,74H,3-54,56,58-65H2,1-2H3,(H,70,73)/b57-55+. The fourth-order valence-corrected chi connectivity index (χ4v) is 11.3. The minimum absolute atomic E-state index is 0.144. The molecule has 5 heteroatoms. The second-order valence-corrected chi connectivity index (χ2v) is 24.1. The molecule has 0 bridgehead atoms. The van der Waals surface area contributed by atoms with Gasteiger partial charge in [0.15, 0.2) is 0 Å². The first-order valence-electron chi connectivity index (χ1n) is 34.5. The van der Waals surface area contributed by atoms with Crippen molar-refractivity contribution < 1.29 is 20.1 Å². The Balaban J connectivity index is 3.44. The predicted octanol–water partition coefficient (Wildman–Crippen LogP) is 22.2. The van der Waals surface area contributed by atoms with Crippen molar-refractivity contribution in [2.24, 2.45) is 0 Å². The van der Waals surface area contributed by atoms with Crippen molar-refractivity contribution in [1.29, 1.82) is 0 Å². The molecule has 0 radical (unpaired) electrons. The number of hydrogen-bond donors (Lipinski definition) is 4. The summed E-state index contributed by atoms with van der Waals surface area (Å²) in [4.78, 5) is 12.6. The molecule has 0 spiro atoms. The minimum Gasteiger partial charge on any atom is -0.394 e. The molecule has 0 aliphatic heterocycles. The summed E-state index contributed by atoms with van der Waals surface area (Å²) in [5, 5.41) is 33.9. The fourth-order valence-electron chi connectivity index (χ4n) is 11.3. The van der Waals surface area contributed by atoms with Crippen molar-refractivity contribution in [2.75, 3.05) is 6.61 Å². The molecule has 0 saturated heterocycles. The van der Waals surface area contributed by atoms with E-state index in [9.17, 15) is 20.1 Å². The number of unbranched alkanes of at least 4 members (excludes halogenated alkanes) is 55. The summed E-state index contributed by atoms with van der Waals surface area (Å²) >= 11 is 0. The van der Waals surface area contributed by atoms with E-state index in [0.29, 0.717) is 12.8 Å². The van der Waals surface area contributed by atoms with E-state index in [1.165, 1.54) is 334 Å². The van der Waals surface area contributed by atoms with E-state index in [1.807, 2.05) is 0 Å². The number of allylic oxidation sites excluding steroid dienone is 2. The molecule has 0 fully saturated rings. The second-order valence-electron chi connectivity index (χ2n) is 24.1. The van der Waals surface area contributed by atoms with Gasteiger partial charge in [-0.15, -0.1) is 0 Å². The zero-order valence-corrected chi connectivity index (χ0v) is 50.8. The molecule has 0 aromatic heterocycles. The fraction of sp³-hybridized carbons (Fsp3) is 0.957. The molecule has 0 aromatic carbocycles. The number of carbonyl (C=O) groups excluding carboxylic acids is 1. The van der Waals surface area contributed by atoms with Crippen LogP contribution in [0.5, 0.6) is 0 Å². The predicted molar refractivity (Wildman–Crippen MR) is 329 cm³/mol. The molecule has 0 aliphatic rings. The van der Waals surface area contributed by atoms with Gasteiger partial charge in [0.05, 0.1) is 18.8 Å². The maximum absolute atomic E-state index is 12.6. The maximum atomic E-state index is 12.6. The summed E-state index contributed by atoms with van der Waals surface area (Å²) in [5.41, 5.74) is 0. The molecule has 1 amide bonds. The summed E-state index contributed by atoms with van der Waals surface area (Å²) in [5.74, 6) is -0.144. The number of hydrogen-bond acceptors (Lipinski definition) is 4. The van der Waals surface area contributed by atoms with Crippen molar-refractivity contribution >= 4 is 5.91 Å². The number of nitrogens with one attached hydrogen (secondary N) is 1. The summed E-state index contributed by atoms with van der Waals surface area (Å²) in [6.07, 6.45) is 83.0. The average Bonchev–Trinajstić information content (AvgIpc) is 3.41. The van der Waals surface area contributed by atoms with Crippen LogP contribution in [0.2, 0.25) is 0 Å². The van der Waals surface area contributed by atoms with Gasteiger partial charge >= 0.3 is 0 Å². The molecule has 74 heavy (non-hydrogen) atoms. The van der Waals surface area contributed by atoms with Crippen LogP contribution >= 0.6 is 0 Å². The van der Waals surface area contributed by atoms with Crippen molar-refractivity contribution in [3.8, 4) is 0 Å². The summed E-state index contributed by atoms with van der Waals surface area (Å²) in [7, 11) is 0. The highest BCUT2D eigenvalue weighted by atomic mass is 16.3. The van der Waals surface area contributed by atoms with Crippen molar-refractivity contribution in [1.82, 2.24) is 5.32 Å². The van der Waals surface area contributed by atoms with E-state index < -0.39 is 18.2 Å². The van der Waals surface area contributed by atoms with E-state index in [2.05, 4.69) is 31.3 Å². The Labute approximate surface area is 465 Å². The van der Waals surface area contributed by atoms with Crippen molar-refractivity contribution in [2.45, 2.75) is 417 Å². The number of aliphatic hydroxyl groups excluding tert-OH is 3. The maximum Gasteiger partial charge on any atom is 0.220 e. The Morgan fingerprint density at radius 2 is 0.541 bits per heavy atom. The molecule has 4 N–H and O–H groups in total. The monoisotopic (exact) mass is 1040 g/mol. The summed E-state index contributed by atoms with van der Waals surface area (Å²) < 4.78 is 0. The van der Waals surface area contributed by atoms with E-state index in [0.717, 1.165) is 38.5 Å². The highest BCUT2D eigenvalue weighted by Gasteiger charge is 2.26. The van der Waals surface area contributed by atoms with E-state index >= 15 is 0 Å². The Bertz CT molecular complexity index is 1060. The Kier molecular flexibility index (Phi) is 63.8. The summed E-state index contributed by atoms with van der Waals surface area (Å²) in [6.45, 7) is 4.23. The highest BCUT2D eigenvalue weighted by molar-refractivity contribution is 5.76. The van der Waals surface area contributed by atoms with Crippen molar-refractivity contribution in [3.05, 3.63) is 12.2 Å². The lowest BCUT2D eigenvalue weighted by molar-refractivity contribution is -0.124. The Hall–Kier alpha value is -0.910. The van der Waals surface area contributed by atoms with Gasteiger partial charge in [-0.25, -0.2) is 0 Å². The second kappa shape index (κ2) is 64.6. The first kappa shape index (κ1) is 73.1. The zero-order chi connectivity index (χ0) is 53.6. The van der Waals surface area contributed by atoms with Gasteiger partial charge in [0, 0.05) is 6.42 Å². The third kappa shape index (κ3) is 58.8. The largest absolute Gasteiger partial charge is 0.394 e. The molecule has 0 aliphatic carbocycles. The normalized spacial score (nSPS) is 13.1. The Morgan fingerprint density at radius 3 is 0.784 bits per heavy atom. The molecule has 0 aromatic rings. The van der Waals surface area contributed by atoms with Gasteiger partial charge < -0.3 is 20.6 Å². The molecule has 3 unspecified atom stereocenters. The topological polar surface area (TPSA) is 89.8 Å². The molecular weight excluding hydrogens is 907 g/mol. The molecule has 0 saturated carbocycles. The third-order valence-electron chi connectivity index (χ3n) is 16.6. The van der Waals surface area contributed by atoms with Gasteiger partial charge in [0.1, 0.15) is 6.10 Å². The van der Waals surface area contributed by atoms with Crippen LogP contribution in [0.3, 0.4) is 0 Å². The lowest BCUT2D eigenvalue weighted by Gasteiger charge is -2.26. The minimum atomic E-state index is -1.16. The van der Waals surface area contributed by atoms with Crippen molar-refractivity contribution in [3.63, 3.8) is 0 Å². The third-order valence-corrected chi connectivity index (χ3v) is 16.6. The first-order valence-corrected chi connectivity index (χ1v) is 34.5. The van der Waals surface area contributed by atoms with E-state index in [-0.39, 0.29) is 12.5 Å². The van der Waals surface area contributed by atoms with Gasteiger partial charge in [-0.2, -0.15) is 0 Å². The van der Waals surface area contributed by atoms with Crippen LogP contribution in [0.4, 0.5) is 0 Å². The van der Waals surface area contributed by atoms with Gasteiger partial charge in [-0.05, 0) is 38.5 Å². The van der Waals surface area contributed by atoms with Gasteiger partial charge in [0.2, 0.25) is 5.91 Å². The number of aliphatic hydroxyl groups is 3. The van der Waals surface area contributed by atoms with Crippen LogP contribution in [-0.4, -0.2) is 46.1 Å². The number of rotatable bonds is 65. The quantitative estimate of drug-likeness (QED) is 0.0361. The van der Waals surface area contributed by atoms with Crippen LogP contribution in [0.25, 0.3) is 0 Å². The van der Waals surface area contributed by atoms with Crippen LogP contribution in [-0.2, 0) is 4.79 Å². The van der Waals surface area contributed by atoms with Crippen LogP contribution in [0.1, 0.15) is 399 Å². The Morgan fingerprint density at radius 1 is 0.324 bits per heavy atom. The molecular formula is C69H137NO4.